The molecule has 1 rings (SSSR count). The number of nitrogens with two attached hydrogens (primary N) is 1. The summed E-state index contributed by atoms with van der Waals surface area (Å²) in [5.41, 5.74) is 7.71. The van der Waals surface area contributed by atoms with E-state index >= 15 is 0 Å². The third kappa shape index (κ3) is 1.55. The van der Waals surface area contributed by atoms with Gasteiger partial charge in [0.1, 0.15) is 5.92 Å². The van der Waals surface area contributed by atoms with E-state index in [9.17, 15) is 9.59 Å². The molecular formula is C7H13N3O2. The van der Waals surface area contributed by atoms with Gasteiger partial charge in [0.05, 0.1) is 0 Å². The number of hydrogen-bond acceptors (Lipinski definition) is 3. The molecule has 1 saturated heterocycles. The number of carbonyl (C=O) groups is 2. The lowest BCUT2D eigenvalue weighted by molar-refractivity contribution is -0.131. The van der Waals surface area contributed by atoms with Crippen molar-refractivity contribution >= 4 is 11.8 Å². The van der Waals surface area contributed by atoms with Crippen molar-refractivity contribution in [3.8, 4) is 0 Å². The highest BCUT2D eigenvalue weighted by molar-refractivity contribution is 6.05. The van der Waals surface area contributed by atoms with Gasteiger partial charge in [0.25, 0.3) is 11.8 Å². The molecule has 1 aliphatic rings. The smallest absolute Gasteiger partial charge is 0.253 e. The number of carbonyl (C=O) groups excluding carboxylic acids is 2. The summed E-state index contributed by atoms with van der Waals surface area (Å²) in [5, 5.41) is 1.23. The summed E-state index contributed by atoms with van der Waals surface area (Å²) >= 11 is 0. The number of hydrogen-bond donors (Lipinski definition) is 2. The summed E-state index contributed by atoms with van der Waals surface area (Å²) in [5.74, 6) is -0.886. The van der Waals surface area contributed by atoms with E-state index in [-0.39, 0.29) is 11.8 Å². The summed E-state index contributed by atoms with van der Waals surface area (Å²) in [6.07, 6.45) is 1.25. The molecule has 0 aromatic heterocycles. The molecule has 5 heteroatoms. The van der Waals surface area contributed by atoms with Gasteiger partial charge in [0, 0.05) is 7.05 Å². The molecule has 0 bridgehead atoms. The Balaban J connectivity index is 2.52. The van der Waals surface area contributed by atoms with Crippen LogP contribution in [0, 0.1) is 5.92 Å². The Bertz CT molecular complexity index is 205. The maximum Gasteiger partial charge on any atom is 0.253 e. The normalized spacial score (nSPS) is 23.2. The minimum absolute atomic E-state index is 0.159. The molecule has 0 saturated carbocycles. The molecule has 1 unspecified atom stereocenters. The van der Waals surface area contributed by atoms with Crippen LogP contribution >= 0.6 is 0 Å². The van der Waals surface area contributed by atoms with Crippen LogP contribution in [0.2, 0.25) is 0 Å². The third-order valence-electron chi connectivity index (χ3n) is 1.92. The lowest BCUT2D eigenvalue weighted by Gasteiger charge is -2.06. The summed E-state index contributed by atoms with van der Waals surface area (Å²) in [6, 6.07) is 0. The van der Waals surface area contributed by atoms with E-state index in [1.807, 2.05) is 0 Å². The van der Waals surface area contributed by atoms with E-state index in [1.165, 1.54) is 5.01 Å². The van der Waals surface area contributed by atoms with E-state index in [1.54, 1.807) is 7.05 Å². The Morgan fingerprint density at radius 3 is 2.67 bits per heavy atom. The zero-order valence-corrected chi connectivity index (χ0v) is 7.04. The van der Waals surface area contributed by atoms with Crippen molar-refractivity contribution in [3.63, 3.8) is 0 Å². The highest BCUT2D eigenvalue weighted by atomic mass is 16.2. The molecule has 0 aromatic rings. The van der Waals surface area contributed by atoms with Gasteiger partial charge in [0.2, 0.25) is 0 Å². The molecule has 5 nitrogen and oxygen atoms in total. The van der Waals surface area contributed by atoms with Crippen LogP contribution in [-0.2, 0) is 9.59 Å². The fraction of sp³-hybridized carbons (Fsp3) is 0.714. The van der Waals surface area contributed by atoms with Gasteiger partial charge in [-0.1, -0.05) is 0 Å². The zero-order valence-electron chi connectivity index (χ0n) is 7.04. The van der Waals surface area contributed by atoms with Crippen molar-refractivity contribution in [3.05, 3.63) is 0 Å². The van der Waals surface area contributed by atoms with Crippen LogP contribution < -0.4 is 11.2 Å². The standard InChI is InChI=1S/C7H13N3O2/c1-10-7(12)5(3-2-4-8)6(11)9-10/h5H,2-4,8H2,1H3,(H,9,11). The van der Waals surface area contributed by atoms with Gasteiger partial charge in [-0.15, -0.1) is 0 Å². The first-order valence-electron chi connectivity index (χ1n) is 3.95. The van der Waals surface area contributed by atoms with Crippen molar-refractivity contribution in [2.75, 3.05) is 13.6 Å². The van der Waals surface area contributed by atoms with Crippen LogP contribution in [0.25, 0.3) is 0 Å². The van der Waals surface area contributed by atoms with Crippen molar-refractivity contribution in [2.45, 2.75) is 12.8 Å². The lowest BCUT2D eigenvalue weighted by atomic mass is 10.0. The fourth-order valence-corrected chi connectivity index (χ4v) is 1.22. The Kier molecular flexibility index (Phi) is 2.65. The van der Waals surface area contributed by atoms with Crippen LogP contribution in [0.15, 0.2) is 0 Å². The number of nitrogens with one attached hydrogen (secondary N) is 1. The molecule has 2 amide bonds. The van der Waals surface area contributed by atoms with E-state index in [0.717, 1.165) is 0 Å². The van der Waals surface area contributed by atoms with Gasteiger partial charge in [-0.2, -0.15) is 0 Å². The van der Waals surface area contributed by atoms with Gasteiger partial charge in [0.15, 0.2) is 0 Å². The molecule has 12 heavy (non-hydrogen) atoms. The van der Waals surface area contributed by atoms with E-state index in [4.69, 9.17) is 5.73 Å². The third-order valence-corrected chi connectivity index (χ3v) is 1.92. The van der Waals surface area contributed by atoms with Crippen LogP contribution in [0.4, 0.5) is 0 Å². The molecule has 1 atom stereocenters. The predicted molar refractivity (Wildman–Crippen MR) is 42.7 cm³/mol. The first kappa shape index (κ1) is 8.99. The SMILES string of the molecule is CN1NC(=O)C(CCCN)C1=O. The first-order chi connectivity index (χ1) is 5.66. The largest absolute Gasteiger partial charge is 0.330 e. The summed E-state index contributed by atoms with van der Waals surface area (Å²) in [7, 11) is 1.54. The van der Waals surface area contributed by atoms with Crippen molar-refractivity contribution < 1.29 is 9.59 Å². The molecule has 3 N–H and O–H groups in total. The number of rotatable bonds is 3. The Hall–Kier alpha value is -1.10. The molecule has 0 aromatic carbocycles. The molecule has 68 valence electrons. The molecule has 1 aliphatic heterocycles. The van der Waals surface area contributed by atoms with Crippen molar-refractivity contribution in [1.29, 1.82) is 0 Å². The van der Waals surface area contributed by atoms with Crippen LogP contribution in [0.3, 0.4) is 0 Å². The van der Waals surface area contributed by atoms with Gasteiger partial charge >= 0.3 is 0 Å². The average Bonchev–Trinajstić information content (AvgIpc) is 2.25. The summed E-state index contributed by atoms with van der Waals surface area (Å²) in [4.78, 5) is 22.3. The van der Waals surface area contributed by atoms with E-state index in [0.29, 0.717) is 19.4 Å². The van der Waals surface area contributed by atoms with E-state index in [2.05, 4.69) is 5.43 Å². The molecular weight excluding hydrogens is 158 g/mol. The molecule has 0 aliphatic carbocycles. The van der Waals surface area contributed by atoms with Gasteiger partial charge < -0.3 is 5.73 Å². The molecule has 1 fully saturated rings. The lowest BCUT2D eigenvalue weighted by Crippen LogP contribution is -2.31. The topological polar surface area (TPSA) is 75.4 Å². The molecule has 0 radical (unpaired) electrons. The number of amides is 2. The van der Waals surface area contributed by atoms with Gasteiger partial charge in [-0.3, -0.25) is 20.0 Å². The Labute approximate surface area is 70.9 Å². The quantitative estimate of drug-likeness (QED) is 0.526. The van der Waals surface area contributed by atoms with Crippen molar-refractivity contribution in [1.82, 2.24) is 10.4 Å². The number of hydrazine groups is 1. The zero-order chi connectivity index (χ0) is 9.14. The maximum absolute atomic E-state index is 11.2. The second-order valence-corrected chi connectivity index (χ2v) is 2.86. The van der Waals surface area contributed by atoms with Gasteiger partial charge in [-0.25, -0.2) is 0 Å². The highest BCUT2D eigenvalue weighted by Crippen LogP contribution is 2.14. The minimum Gasteiger partial charge on any atom is -0.330 e. The Morgan fingerprint density at radius 2 is 2.25 bits per heavy atom. The van der Waals surface area contributed by atoms with Crippen LogP contribution in [0.1, 0.15) is 12.8 Å². The van der Waals surface area contributed by atoms with Crippen LogP contribution in [-0.4, -0.2) is 30.4 Å². The minimum atomic E-state index is -0.515. The maximum atomic E-state index is 11.2. The fourth-order valence-electron chi connectivity index (χ4n) is 1.22. The first-order valence-corrected chi connectivity index (χ1v) is 3.95. The van der Waals surface area contributed by atoms with Crippen molar-refractivity contribution in [2.24, 2.45) is 11.7 Å². The summed E-state index contributed by atoms with van der Waals surface area (Å²) < 4.78 is 0. The number of nitrogens with zero attached hydrogens (tertiary/aromatic N) is 1. The average molecular weight is 171 g/mol. The second-order valence-electron chi connectivity index (χ2n) is 2.86. The second kappa shape index (κ2) is 3.53. The molecule has 0 spiro atoms. The Morgan fingerprint density at radius 1 is 1.58 bits per heavy atom. The van der Waals surface area contributed by atoms with Crippen LogP contribution in [0.5, 0.6) is 0 Å². The van der Waals surface area contributed by atoms with Gasteiger partial charge in [-0.05, 0) is 19.4 Å². The predicted octanol–water partition coefficient (Wildman–Crippen LogP) is -1.16. The summed E-state index contributed by atoms with van der Waals surface area (Å²) in [6.45, 7) is 0.515. The monoisotopic (exact) mass is 171 g/mol. The highest BCUT2D eigenvalue weighted by Gasteiger charge is 2.36. The molecule has 1 heterocycles. The van der Waals surface area contributed by atoms with E-state index < -0.39 is 5.92 Å².